The van der Waals surface area contributed by atoms with Gasteiger partial charge in [0.2, 0.25) is 6.41 Å². The van der Waals surface area contributed by atoms with Gasteiger partial charge in [-0.3, -0.25) is 9.59 Å². The maximum absolute atomic E-state index is 13.1. The molecule has 0 radical (unpaired) electrons. The molecular formula is C10H12FN3O2. The van der Waals surface area contributed by atoms with Crippen molar-refractivity contribution in [2.24, 2.45) is 0 Å². The van der Waals surface area contributed by atoms with Crippen LogP contribution in [0.15, 0.2) is 18.3 Å². The van der Waals surface area contributed by atoms with E-state index in [0.29, 0.717) is 25.9 Å². The topological polar surface area (TPSA) is 71.1 Å². The molecule has 0 aliphatic rings. The number of amides is 2. The lowest BCUT2D eigenvalue weighted by Crippen LogP contribution is -2.28. The number of hydrogen-bond acceptors (Lipinski definition) is 3. The van der Waals surface area contributed by atoms with E-state index in [4.69, 9.17) is 0 Å². The van der Waals surface area contributed by atoms with Gasteiger partial charge in [-0.25, -0.2) is 9.37 Å². The molecule has 0 atom stereocenters. The van der Waals surface area contributed by atoms with Crippen LogP contribution in [0.5, 0.6) is 0 Å². The number of rotatable bonds is 6. The summed E-state index contributed by atoms with van der Waals surface area (Å²) in [7, 11) is 0. The van der Waals surface area contributed by atoms with Crippen LogP contribution in [-0.2, 0) is 4.79 Å². The van der Waals surface area contributed by atoms with E-state index >= 15 is 0 Å². The smallest absolute Gasteiger partial charge is 0.272 e. The Morgan fingerprint density at radius 3 is 3.00 bits per heavy atom. The summed E-state index contributed by atoms with van der Waals surface area (Å²) in [5.74, 6) is -1.20. The molecule has 0 bridgehead atoms. The zero-order valence-corrected chi connectivity index (χ0v) is 8.57. The predicted octanol–water partition coefficient (Wildman–Crippen LogP) is 0.0866. The van der Waals surface area contributed by atoms with Crippen molar-refractivity contribution in [3.05, 3.63) is 29.8 Å². The number of halogens is 1. The molecule has 0 spiro atoms. The molecule has 86 valence electrons. The van der Waals surface area contributed by atoms with Gasteiger partial charge in [-0.2, -0.15) is 0 Å². The van der Waals surface area contributed by atoms with Gasteiger partial charge < -0.3 is 10.6 Å². The van der Waals surface area contributed by atoms with Crippen molar-refractivity contribution in [1.82, 2.24) is 15.6 Å². The molecule has 2 N–H and O–H groups in total. The largest absolute Gasteiger partial charge is 0.359 e. The molecule has 1 rings (SSSR count). The predicted molar refractivity (Wildman–Crippen MR) is 55.2 cm³/mol. The molecule has 0 aliphatic heterocycles. The van der Waals surface area contributed by atoms with Crippen LogP contribution < -0.4 is 10.6 Å². The van der Waals surface area contributed by atoms with Crippen molar-refractivity contribution in [3.63, 3.8) is 0 Å². The Labute approximate surface area is 92.1 Å². The molecule has 1 aromatic rings. The number of carbonyl (C=O) groups is 2. The summed E-state index contributed by atoms with van der Waals surface area (Å²) in [6, 6.07) is 2.59. The first-order valence-electron chi connectivity index (χ1n) is 4.81. The normalized spacial score (nSPS) is 9.56. The van der Waals surface area contributed by atoms with Gasteiger partial charge in [-0.15, -0.1) is 0 Å². The monoisotopic (exact) mass is 225 g/mol. The third-order valence-corrected chi connectivity index (χ3v) is 1.84. The molecule has 0 unspecified atom stereocenters. The van der Waals surface area contributed by atoms with Crippen molar-refractivity contribution in [2.75, 3.05) is 13.1 Å². The molecule has 0 aliphatic carbocycles. The van der Waals surface area contributed by atoms with Crippen LogP contribution in [0, 0.1) is 5.82 Å². The average Bonchev–Trinajstić information content (AvgIpc) is 2.29. The number of carbonyl (C=O) groups excluding carboxylic acids is 2. The number of nitrogens with one attached hydrogen (secondary N) is 2. The highest BCUT2D eigenvalue weighted by atomic mass is 19.1. The van der Waals surface area contributed by atoms with Crippen LogP contribution >= 0.6 is 0 Å². The molecule has 5 nitrogen and oxygen atoms in total. The summed E-state index contributed by atoms with van der Waals surface area (Å²) >= 11 is 0. The molecule has 1 heterocycles. The van der Waals surface area contributed by atoms with E-state index in [-0.39, 0.29) is 5.69 Å². The minimum atomic E-state index is -0.647. The Morgan fingerprint density at radius 2 is 2.31 bits per heavy atom. The van der Waals surface area contributed by atoms with Crippen molar-refractivity contribution >= 4 is 12.3 Å². The SMILES string of the molecule is O=CNCCCNC(=O)c1ncccc1F. The number of aromatic nitrogens is 1. The van der Waals surface area contributed by atoms with E-state index < -0.39 is 11.7 Å². The van der Waals surface area contributed by atoms with Crippen molar-refractivity contribution in [3.8, 4) is 0 Å². The lowest BCUT2D eigenvalue weighted by atomic mass is 10.3. The minimum absolute atomic E-state index is 0.217. The van der Waals surface area contributed by atoms with Crippen molar-refractivity contribution in [2.45, 2.75) is 6.42 Å². The Bertz CT molecular complexity index is 371. The standard InChI is InChI=1S/C10H12FN3O2/c11-8-3-1-5-13-9(8)10(16)14-6-2-4-12-7-15/h1,3,5,7H,2,4,6H2,(H,12,15)(H,14,16). The number of hydrogen-bond donors (Lipinski definition) is 2. The maximum Gasteiger partial charge on any atom is 0.272 e. The van der Waals surface area contributed by atoms with Gasteiger partial charge >= 0.3 is 0 Å². The van der Waals surface area contributed by atoms with Crippen LogP contribution in [0.25, 0.3) is 0 Å². The van der Waals surface area contributed by atoms with Crippen LogP contribution in [0.1, 0.15) is 16.9 Å². The van der Waals surface area contributed by atoms with Crippen LogP contribution in [0.3, 0.4) is 0 Å². The van der Waals surface area contributed by atoms with Crippen molar-refractivity contribution < 1.29 is 14.0 Å². The first-order chi connectivity index (χ1) is 7.75. The van der Waals surface area contributed by atoms with Gasteiger partial charge in [-0.1, -0.05) is 0 Å². The van der Waals surface area contributed by atoms with Gasteiger partial charge in [0.1, 0.15) is 0 Å². The lowest BCUT2D eigenvalue weighted by molar-refractivity contribution is -0.109. The molecule has 0 saturated heterocycles. The molecule has 6 heteroatoms. The molecule has 1 aromatic heterocycles. The zero-order valence-electron chi connectivity index (χ0n) is 8.57. The van der Waals surface area contributed by atoms with E-state index in [1.807, 2.05) is 0 Å². The highest BCUT2D eigenvalue weighted by molar-refractivity contribution is 5.92. The fraction of sp³-hybridized carbons (Fsp3) is 0.300. The minimum Gasteiger partial charge on any atom is -0.359 e. The molecule has 0 saturated carbocycles. The molecule has 16 heavy (non-hydrogen) atoms. The first kappa shape index (κ1) is 12.1. The number of pyridine rings is 1. The summed E-state index contributed by atoms with van der Waals surface area (Å²) in [5.41, 5.74) is -0.217. The molecular weight excluding hydrogens is 213 g/mol. The van der Waals surface area contributed by atoms with E-state index in [1.165, 1.54) is 18.3 Å². The van der Waals surface area contributed by atoms with Gasteiger partial charge in [0, 0.05) is 19.3 Å². The third-order valence-electron chi connectivity index (χ3n) is 1.84. The zero-order chi connectivity index (χ0) is 11.8. The Hall–Kier alpha value is -1.98. The average molecular weight is 225 g/mol. The highest BCUT2D eigenvalue weighted by Crippen LogP contribution is 2.01. The summed E-state index contributed by atoms with van der Waals surface area (Å²) in [6.45, 7) is 0.824. The quantitative estimate of drug-likeness (QED) is 0.532. The lowest BCUT2D eigenvalue weighted by Gasteiger charge is -2.04. The molecule has 0 aromatic carbocycles. The Balaban J connectivity index is 2.36. The Morgan fingerprint density at radius 1 is 1.50 bits per heavy atom. The summed E-state index contributed by atoms with van der Waals surface area (Å²) in [6.07, 6.45) is 2.52. The van der Waals surface area contributed by atoms with Gasteiger partial charge in [0.25, 0.3) is 5.91 Å². The molecule has 2 amide bonds. The maximum atomic E-state index is 13.1. The fourth-order valence-electron chi connectivity index (χ4n) is 1.09. The second kappa shape index (κ2) is 6.49. The van der Waals surface area contributed by atoms with Gasteiger partial charge in [-0.05, 0) is 18.6 Å². The van der Waals surface area contributed by atoms with E-state index in [9.17, 15) is 14.0 Å². The summed E-state index contributed by atoms with van der Waals surface area (Å²) in [4.78, 5) is 24.9. The van der Waals surface area contributed by atoms with Crippen LogP contribution in [0.4, 0.5) is 4.39 Å². The summed E-state index contributed by atoms with van der Waals surface area (Å²) in [5, 5.41) is 4.95. The van der Waals surface area contributed by atoms with Crippen LogP contribution in [0.2, 0.25) is 0 Å². The number of nitrogens with zero attached hydrogens (tertiary/aromatic N) is 1. The van der Waals surface area contributed by atoms with Crippen molar-refractivity contribution in [1.29, 1.82) is 0 Å². The molecule has 0 fully saturated rings. The second-order valence-corrected chi connectivity index (χ2v) is 3.02. The highest BCUT2D eigenvalue weighted by Gasteiger charge is 2.11. The van der Waals surface area contributed by atoms with E-state index in [2.05, 4.69) is 15.6 Å². The first-order valence-corrected chi connectivity index (χ1v) is 4.81. The third kappa shape index (κ3) is 3.64. The second-order valence-electron chi connectivity index (χ2n) is 3.02. The van der Waals surface area contributed by atoms with Gasteiger partial charge in [0.15, 0.2) is 11.5 Å². The Kier molecular flexibility index (Phi) is 4.91. The van der Waals surface area contributed by atoms with E-state index in [1.54, 1.807) is 0 Å². The van der Waals surface area contributed by atoms with Crippen LogP contribution in [-0.4, -0.2) is 30.4 Å². The van der Waals surface area contributed by atoms with E-state index in [0.717, 1.165) is 0 Å². The summed E-state index contributed by atoms with van der Waals surface area (Å²) < 4.78 is 13.1. The van der Waals surface area contributed by atoms with Gasteiger partial charge in [0.05, 0.1) is 0 Å². The fourth-order valence-corrected chi connectivity index (χ4v) is 1.09.